The second-order valence-electron chi connectivity index (χ2n) is 6.76. The van der Waals surface area contributed by atoms with E-state index < -0.39 is 83.2 Å². The maximum atomic E-state index is 12.2. The number of ether oxygens (including phenoxy) is 3. The molecule has 1 saturated heterocycles. The first-order chi connectivity index (χ1) is 15.0. The van der Waals surface area contributed by atoms with Crippen molar-refractivity contribution in [3.63, 3.8) is 0 Å². The third-order valence-electron chi connectivity index (χ3n) is 4.53. The van der Waals surface area contributed by atoms with Gasteiger partial charge in [-0.2, -0.15) is 0 Å². The molecule has 1 heterocycles. The number of phenols is 6. The van der Waals surface area contributed by atoms with Gasteiger partial charge < -0.3 is 55.1 Å². The molecule has 0 aliphatic carbocycles. The second-order valence-corrected chi connectivity index (χ2v) is 6.76. The molecule has 3 rings (SSSR count). The molecule has 0 unspecified atom stereocenters. The number of rotatable bonds is 4. The summed E-state index contributed by atoms with van der Waals surface area (Å²) in [5.74, 6) is -7.23. The van der Waals surface area contributed by atoms with Crippen molar-refractivity contribution in [1.82, 2.24) is 0 Å². The van der Waals surface area contributed by atoms with Crippen LogP contribution in [0, 0.1) is 0 Å². The minimum Gasteiger partial charge on any atom is -0.504 e. The Morgan fingerprint density at radius 2 is 1.12 bits per heavy atom. The van der Waals surface area contributed by atoms with Gasteiger partial charge in [-0.05, 0) is 24.3 Å². The summed E-state index contributed by atoms with van der Waals surface area (Å²) in [6.45, 7) is -0.538. The molecule has 1 aliphatic heterocycles. The van der Waals surface area contributed by atoms with Crippen LogP contribution in [0.3, 0.4) is 0 Å². The van der Waals surface area contributed by atoms with Crippen LogP contribution in [0.25, 0.3) is 0 Å². The van der Waals surface area contributed by atoms with E-state index in [0.29, 0.717) is 0 Å². The van der Waals surface area contributed by atoms with Crippen molar-refractivity contribution in [2.24, 2.45) is 0 Å². The Hall–Kier alpha value is -3.94. The first-order valence-electron chi connectivity index (χ1n) is 8.89. The molecule has 13 nitrogen and oxygen atoms in total. The topological polar surface area (TPSA) is 224 Å². The summed E-state index contributed by atoms with van der Waals surface area (Å²) < 4.78 is 15.0. The summed E-state index contributed by atoms with van der Waals surface area (Å²) >= 11 is 0. The fourth-order valence-corrected chi connectivity index (χ4v) is 2.80. The zero-order chi connectivity index (χ0) is 23.7. The SMILES string of the molecule is O=C(O[C@@H]1OC[C@@H](OC(=O)c2cc(O)c(O)c(O)c2)[C@H](O)[C@H]1O)c1cc(O)c(O)c(O)c1. The van der Waals surface area contributed by atoms with Crippen LogP contribution in [-0.4, -0.2) is 84.0 Å². The lowest BCUT2D eigenvalue weighted by Crippen LogP contribution is -2.55. The molecule has 0 saturated carbocycles. The van der Waals surface area contributed by atoms with E-state index in [1.54, 1.807) is 0 Å². The van der Waals surface area contributed by atoms with E-state index in [-0.39, 0.29) is 5.56 Å². The van der Waals surface area contributed by atoms with E-state index in [9.17, 15) is 50.4 Å². The zero-order valence-corrected chi connectivity index (χ0v) is 15.9. The molecule has 172 valence electrons. The summed E-state index contributed by atoms with van der Waals surface area (Å²) in [5.41, 5.74) is -0.774. The average molecular weight is 454 g/mol. The van der Waals surface area contributed by atoms with E-state index in [0.717, 1.165) is 24.3 Å². The average Bonchev–Trinajstić information content (AvgIpc) is 2.74. The minimum atomic E-state index is -1.88. The number of carbonyl (C=O) groups excluding carboxylic acids is 2. The highest BCUT2D eigenvalue weighted by molar-refractivity contribution is 5.91. The van der Waals surface area contributed by atoms with Gasteiger partial charge >= 0.3 is 11.9 Å². The van der Waals surface area contributed by atoms with Crippen molar-refractivity contribution in [1.29, 1.82) is 0 Å². The number of aromatic hydroxyl groups is 6. The number of benzene rings is 2. The molecule has 13 heteroatoms. The Morgan fingerprint density at radius 1 is 0.719 bits per heavy atom. The van der Waals surface area contributed by atoms with Gasteiger partial charge in [0.05, 0.1) is 17.7 Å². The molecule has 0 amide bonds. The van der Waals surface area contributed by atoms with E-state index in [2.05, 4.69) is 0 Å². The summed E-state index contributed by atoms with van der Waals surface area (Å²) in [6, 6.07) is 3.18. The van der Waals surface area contributed by atoms with Crippen LogP contribution in [0.4, 0.5) is 0 Å². The third kappa shape index (κ3) is 4.39. The van der Waals surface area contributed by atoms with Gasteiger partial charge in [-0.1, -0.05) is 0 Å². The number of esters is 2. The van der Waals surface area contributed by atoms with Crippen molar-refractivity contribution < 1.29 is 64.7 Å². The van der Waals surface area contributed by atoms with Gasteiger partial charge in [-0.25, -0.2) is 9.59 Å². The Morgan fingerprint density at radius 3 is 1.56 bits per heavy atom. The number of hydrogen-bond donors (Lipinski definition) is 8. The lowest BCUT2D eigenvalue weighted by Gasteiger charge is -2.36. The van der Waals surface area contributed by atoms with Gasteiger partial charge in [0, 0.05) is 0 Å². The molecule has 8 N–H and O–H groups in total. The fraction of sp³-hybridized carbons (Fsp3) is 0.263. The first-order valence-corrected chi connectivity index (χ1v) is 8.89. The molecule has 1 aliphatic rings. The largest absolute Gasteiger partial charge is 0.504 e. The highest BCUT2D eigenvalue weighted by Gasteiger charge is 2.43. The van der Waals surface area contributed by atoms with Gasteiger partial charge in [0.15, 0.2) is 40.6 Å². The minimum absolute atomic E-state index is 0.375. The summed E-state index contributed by atoms with van der Waals surface area (Å²) in [4.78, 5) is 24.4. The van der Waals surface area contributed by atoms with E-state index in [4.69, 9.17) is 14.2 Å². The van der Waals surface area contributed by atoms with Crippen LogP contribution >= 0.6 is 0 Å². The van der Waals surface area contributed by atoms with Crippen molar-refractivity contribution in [3.05, 3.63) is 35.4 Å². The van der Waals surface area contributed by atoms with Crippen LogP contribution in [0.1, 0.15) is 20.7 Å². The van der Waals surface area contributed by atoms with Crippen molar-refractivity contribution in [2.45, 2.75) is 24.6 Å². The Bertz CT molecular complexity index is 920. The quantitative estimate of drug-likeness (QED) is 0.213. The van der Waals surface area contributed by atoms with E-state index in [1.807, 2.05) is 0 Å². The molecule has 0 spiro atoms. The molecule has 2 aromatic rings. The van der Waals surface area contributed by atoms with Crippen molar-refractivity contribution >= 4 is 11.9 Å². The number of carbonyl (C=O) groups is 2. The van der Waals surface area contributed by atoms with Crippen LogP contribution in [-0.2, 0) is 14.2 Å². The van der Waals surface area contributed by atoms with Gasteiger partial charge in [0.1, 0.15) is 12.2 Å². The van der Waals surface area contributed by atoms with Crippen LogP contribution < -0.4 is 0 Å². The van der Waals surface area contributed by atoms with E-state index in [1.165, 1.54) is 0 Å². The van der Waals surface area contributed by atoms with E-state index >= 15 is 0 Å². The van der Waals surface area contributed by atoms with Crippen LogP contribution in [0.15, 0.2) is 24.3 Å². The van der Waals surface area contributed by atoms with Crippen molar-refractivity contribution in [2.75, 3.05) is 6.61 Å². The van der Waals surface area contributed by atoms with Crippen molar-refractivity contribution in [3.8, 4) is 34.5 Å². The molecule has 2 aromatic carbocycles. The van der Waals surface area contributed by atoms with Gasteiger partial charge in [-0.3, -0.25) is 0 Å². The molecule has 0 radical (unpaired) electrons. The summed E-state index contributed by atoms with van der Waals surface area (Å²) in [5, 5.41) is 76.9. The molecule has 0 aromatic heterocycles. The zero-order valence-electron chi connectivity index (χ0n) is 15.9. The maximum Gasteiger partial charge on any atom is 0.340 e. The highest BCUT2D eigenvalue weighted by atomic mass is 16.7. The number of phenolic OH excluding ortho intramolecular Hbond substituents is 6. The highest BCUT2D eigenvalue weighted by Crippen LogP contribution is 2.37. The lowest BCUT2D eigenvalue weighted by atomic mass is 10.0. The number of hydrogen-bond acceptors (Lipinski definition) is 13. The second kappa shape index (κ2) is 8.66. The third-order valence-corrected chi connectivity index (χ3v) is 4.53. The predicted octanol–water partition coefficient (Wildman–Crippen LogP) is -0.619. The molecule has 4 atom stereocenters. The molecular weight excluding hydrogens is 436 g/mol. The summed E-state index contributed by atoms with van der Waals surface area (Å²) in [6.07, 6.45) is -6.82. The number of aliphatic hydroxyl groups is 2. The van der Waals surface area contributed by atoms with Gasteiger partial charge in [0.2, 0.25) is 6.29 Å². The number of aliphatic hydroxyl groups excluding tert-OH is 2. The van der Waals surface area contributed by atoms with Crippen LogP contribution in [0.2, 0.25) is 0 Å². The standard InChI is InChI=1S/C19H18O13/c20-8-1-6(2-9(21)13(8)24)17(28)31-12-5-30-19(16(27)15(12)26)32-18(29)7-3-10(22)14(25)11(23)4-7/h1-4,12,15-16,19-27H,5H2/t12-,15+,16-,19+/m1/s1. The Labute approximate surface area is 178 Å². The van der Waals surface area contributed by atoms with Gasteiger partial charge in [0.25, 0.3) is 0 Å². The Kier molecular flexibility index (Phi) is 6.16. The normalized spacial score (nSPS) is 22.8. The van der Waals surface area contributed by atoms with Gasteiger partial charge in [-0.15, -0.1) is 0 Å². The first kappa shape index (κ1) is 22.7. The molecular formula is C19H18O13. The predicted molar refractivity (Wildman–Crippen MR) is 99.2 cm³/mol. The monoisotopic (exact) mass is 454 g/mol. The molecule has 0 bridgehead atoms. The maximum absolute atomic E-state index is 12.2. The fourth-order valence-electron chi connectivity index (χ4n) is 2.80. The molecule has 1 fully saturated rings. The van der Waals surface area contributed by atoms with Crippen LogP contribution in [0.5, 0.6) is 34.5 Å². The summed E-state index contributed by atoms with van der Waals surface area (Å²) in [7, 11) is 0. The molecule has 32 heavy (non-hydrogen) atoms. The Balaban J connectivity index is 1.65. The smallest absolute Gasteiger partial charge is 0.340 e. The lowest BCUT2D eigenvalue weighted by molar-refractivity contribution is -0.251.